The van der Waals surface area contributed by atoms with E-state index in [4.69, 9.17) is 4.74 Å². The van der Waals surface area contributed by atoms with Crippen LogP contribution in [0.2, 0.25) is 0 Å². The molecule has 39 heavy (non-hydrogen) atoms. The highest BCUT2D eigenvalue weighted by Crippen LogP contribution is 2.59. The Morgan fingerprint density at radius 2 is 1.82 bits per heavy atom. The first-order chi connectivity index (χ1) is 18.8. The fourth-order valence-corrected chi connectivity index (χ4v) is 6.92. The number of nitrogens with one attached hydrogen (secondary N) is 2. The van der Waals surface area contributed by atoms with E-state index in [1.165, 1.54) is 35.4 Å². The molecule has 0 saturated heterocycles. The van der Waals surface area contributed by atoms with Gasteiger partial charge in [0.15, 0.2) is 0 Å². The van der Waals surface area contributed by atoms with E-state index >= 15 is 0 Å². The fourth-order valence-electron chi connectivity index (χ4n) is 6.92. The van der Waals surface area contributed by atoms with Crippen LogP contribution in [0.25, 0.3) is 22.2 Å². The summed E-state index contributed by atoms with van der Waals surface area (Å²) in [5, 5.41) is 7.05. The monoisotopic (exact) mass is 528 g/mol. The van der Waals surface area contributed by atoms with E-state index in [1.54, 1.807) is 28.3 Å². The minimum atomic E-state index is -0.603. The van der Waals surface area contributed by atoms with Gasteiger partial charge in [-0.15, -0.1) is 0 Å². The van der Waals surface area contributed by atoms with Crippen LogP contribution in [-0.4, -0.2) is 61.0 Å². The van der Waals surface area contributed by atoms with Crippen LogP contribution >= 0.6 is 0 Å². The molecule has 2 fully saturated rings. The molecule has 3 aliphatic rings. The summed E-state index contributed by atoms with van der Waals surface area (Å²) in [6.07, 6.45) is 6.67. The van der Waals surface area contributed by atoms with Gasteiger partial charge < -0.3 is 24.8 Å². The van der Waals surface area contributed by atoms with Crippen molar-refractivity contribution in [1.29, 1.82) is 0 Å². The van der Waals surface area contributed by atoms with Gasteiger partial charge in [0.2, 0.25) is 0 Å². The van der Waals surface area contributed by atoms with Crippen LogP contribution in [0, 0.1) is 0 Å². The Morgan fingerprint density at radius 3 is 2.51 bits per heavy atom. The van der Waals surface area contributed by atoms with Crippen molar-refractivity contribution in [2.24, 2.45) is 0 Å². The second-order valence-electron chi connectivity index (χ2n) is 11.5. The van der Waals surface area contributed by atoms with E-state index in [2.05, 4.69) is 33.4 Å². The summed E-state index contributed by atoms with van der Waals surface area (Å²) in [5.41, 5.74) is 5.79. The SMILES string of the molecule is CNC(=O)c1ccc2c(C3CCCCC3)c3n(c2c1)CC1(NC(=O)C(=O)N(C)C)CC1c1cc(OC)ccc1-3. The van der Waals surface area contributed by atoms with Gasteiger partial charge in [-0.25, -0.2) is 0 Å². The molecule has 3 aromatic rings. The molecule has 8 nitrogen and oxygen atoms in total. The fraction of sp³-hybridized carbons (Fsp3) is 0.452. The van der Waals surface area contributed by atoms with Crippen molar-refractivity contribution in [3.8, 4) is 17.0 Å². The van der Waals surface area contributed by atoms with Crippen molar-refractivity contribution in [2.45, 2.75) is 62.4 Å². The number of methoxy groups -OCH3 is 1. The number of ether oxygens (including phenoxy) is 1. The van der Waals surface area contributed by atoms with E-state index in [9.17, 15) is 14.4 Å². The van der Waals surface area contributed by atoms with Gasteiger partial charge in [-0.05, 0) is 66.6 Å². The predicted octanol–water partition coefficient (Wildman–Crippen LogP) is 4.17. The molecule has 2 aliphatic carbocycles. The largest absolute Gasteiger partial charge is 0.497 e. The zero-order chi connectivity index (χ0) is 27.5. The zero-order valence-corrected chi connectivity index (χ0v) is 23.1. The minimum absolute atomic E-state index is 0.0535. The molecule has 204 valence electrons. The topological polar surface area (TPSA) is 92.7 Å². The molecular weight excluding hydrogens is 492 g/mol. The summed E-state index contributed by atoms with van der Waals surface area (Å²) in [6, 6.07) is 12.2. The number of hydrogen-bond acceptors (Lipinski definition) is 4. The number of carbonyl (C=O) groups is 3. The molecule has 2 atom stereocenters. The molecule has 2 unspecified atom stereocenters. The molecule has 0 bridgehead atoms. The molecule has 8 heteroatoms. The van der Waals surface area contributed by atoms with Crippen molar-refractivity contribution < 1.29 is 19.1 Å². The number of carbonyl (C=O) groups excluding carboxylic acids is 3. The number of rotatable bonds is 4. The lowest BCUT2D eigenvalue weighted by Gasteiger charge is -2.24. The van der Waals surface area contributed by atoms with Gasteiger partial charge in [-0.2, -0.15) is 0 Å². The summed E-state index contributed by atoms with van der Waals surface area (Å²) in [5.74, 6) is -0.0328. The summed E-state index contributed by atoms with van der Waals surface area (Å²) < 4.78 is 7.93. The maximum atomic E-state index is 13.1. The Labute approximate surface area is 228 Å². The quantitative estimate of drug-likeness (QED) is 0.497. The van der Waals surface area contributed by atoms with Crippen molar-refractivity contribution in [3.63, 3.8) is 0 Å². The van der Waals surface area contributed by atoms with Gasteiger partial charge in [0.05, 0.1) is 18.3 Å². The van der Waals surface area contributed by atoms with Gasteiger partial charge in [-0.3, -0.25) is 14.4 Å². The zero-order valence-electron chi connectivity index (χ0n) is 23.1. The Morgan fingerprint density at radius 1 is 1.05 bits per heavy atom. The smallest absolute Gasteiger partial charge is 0.311 e. The molecule has 1 aromatic heterocycles. The van der Waals surface area contributed by atoms with Crippen molar-refractivity contribution in [3.05, 3.63) is 53.1 Å². The van der Waals surface area contributed by atoms with Crippen LogP contribution in [0.3, 0.4) is 0 Å². The number of amides is 3. The van der Waals surface area contributed by atoms with Gasteiger partial charge in [0, 0.05) is 55.6 Å². The van der Waals surface area contributed by atoms with Crippen molar-refractivity contribution >= 4 is 28.6 Å². The lowest BCUT2D eigenvalue weighted by molar-refractivity contribution is -0.144. The van der Waals surface area contributed by atoms with E-state index in [-0.39, 0.29) is 11.8 Å². The van der Waals surface area contributed by atoms with Gasteiger partial charge in [0.1, 0.15) is 5.75 Å². The first kappa shape index (κ1) is 25.5. The molecule has 0 spiro atoms. The third-order valence-corrected chi connectivity index (χ3v) is 8.97. The van der Waals surface area contributed by atoms with E-state index in [1.807, 2.05) is 18.2 Å². The lowest BCUT2D eigenvalue weighted by atomic mass is 9.81. The number of benzene rings is 2. The average Bonchev–Trinajstić information content (AvgIpc) is 3.59. The number of aromatic nitrogens is 1. The summed E-state index contributed by atoms with van der Waals surface area (Å²) >= 11 is 0. The third kappa shape index (κ3) is 4.08. The standard InChI is InChI=1S/C31H36N4O4/c1-32-28(36)19-10-12-22-25(14-19)35-17-31(33-29(37)30(38)34(2)3)16-24(31)23-15-20(39-4)11-13-21(23)27(35)26(22)18-8-6-5-7-9-18/h10-15,18,24H,5-9,16-17H2,1-4H3,(H,32,36)(H,33,37). The van der Waals surface area contributed by atoms with Crippen LogP contribution in [0.1, 0.15) is 71.8 Å². The first-order valence-electron chi connectivity index (χ1n) is 13.9. The summed E-state index contributed by atoms with van der Waals surface area (Å²) in [6.45, 7) is 0.525. The molecule has 2 aromatic carbocycles. The third-order valence-electron chi connectivity index (χ3n) is 8.97. The van der Waals surface area contributed by atoms with Gasteiger partial charge in [-0.1, -0.05) is 25.3 Å². The molecule has 0 radical (unpaired) electrons. The van der Waals surface area contributed by atoms with Crippen LogP contribution in [0.4, 0.5) is 0 Å². The van der Waals surface area contributed by atoms with Crippen molar-refractivity contribution in [1.82, 2.24) is 20.1 Å². The van der Waals surface area contributed by atoms with Crippen LogP contribution in [0.5, 0.6) is 5.75 Å². The van der Waals surface area contributed by atoms with Crippen LogP contribution in [0.15, 0.2) is 36.4 Å². The maximum Gasteiger partial charge on any atom is 0.311 e. The van der Waals surface area contributed by atoms with Gasteiger partial charge >= 0.3 is 11.8 Å². The Hall–Kier alpha value is -3.81. The minimum Gasteiger partial charge on any atom is -0.497 e. The number of hydrogen-bond donors (Lipinski definition) is 2. The summed E-state index contributed by atoms with van der Waals surface area (Å²) in [4.78, 5) is 39.6. The Kier molecular flexibility index (Phi) is 6.16. The highest BCUT2D eigenvalue weighted by atomic mass is 16.5. The van der Waals surface area contributed by atoms with Crippen LogP contribution in [-0.2, 0) is 16.1 Å². The first-order valence-corrected chi connectivity index (χ1v) is 13.9. The molecular formula is C31H36N4O4. The Balaban J connectivity index is 1.60. The van der Waals surface area contributed by atoms with E-state index in [0.29, 0.717) is 18.0 Å². The molecule has 3 amide bonds. The normalized spacial score (nSPS) is 21.7. The maximum absolute atomic E-state index is 13.1. The second-order valence-corrected chi connectivity index (χ2v) is 11.5. The average molecular weight is 529 g/mol. The Bertz CT molecular complexity index is 1500. The van der Waals surface area contributed by atoms with Crippen LogP contribution < -0.4 is 15.4 Å². The molecule has 2 saturated carbocycles. The van der Waals surface area contributed by atoms with E-state index < -0.39 is 17.4 Å². The highest BCUT2D eigenvalue weighted by Gasteiger charge is 2.59. The highest BCUT2D eigenvalue weighted by molar-refractivity contribution is 6.35. The summed E-state index contributed by atoms with van der Waals surface area (Å²) in [7, 11) is 6.49. The van der Waals surface area contributed by atoms with E-state index in [0.717, 1.165) is 47.0 Å². The number of fused-ring (bicyclic) bond motifs is 7. The second kappa shape index (κ2) is 9.43. The molecule has 2 N–H and O–H groups in total. The molecule has 1 aliphatic heterocycles. The number of likely N-dealkylation sites (N-methyl/N-ethyl adjacent to an activating group) is 1. The van der Waals surface area contributed by atoms with Gasteiger partial charge in [0.25, 0.3) is 5.91 Å². The molecule has 6 rings (SSSR count). The number of nitrogens with zero attached hydrogens (tertiary/aromatic N) is 2. The lowest BCUT2D eigenvalue weighted by Crippen LogP contribution is -2.47. The van der Waals surface area contributed by atoms with Crippen molar-refractivity contribution in [2.75, 3.05) is 28.3 Å². The predicted molar refractivity (Wildman–Crippen MR) is 150 cm³/mol. The molecule has 2 heterocycles.